The van der Waals surface area contributed by atoms with Crippen molar-refractivity contribution in [3.05, 3.63) is 42.4 Å². The molecule has 1 aliphatic carbocycles. The van der Waals surface area contributed by atoms with Gasteiger partial charge in [-0.2, -0.15) is 0 Å². The molecule has 0 spiro atoms. The molecule has 7 heteroatoms. The number of piperidine rings is 1. The molecule has 0 unspecified atom stereocenters. The lowest BCUT2D eigenvalue weighted by atomic mass is 9.85. The Hall–Kier alpha value is -1.70. The van der Waals surface area contributed by atoms with Crippen LogP contribution in [0.2, 0.25) is 0 Å². The molecule has 1 N–H and O–H groups in total. The Morgan fingerprint density at radius 1 is 1.16 bits per heavy atom. The molecule has 2 aromatic rings. The van der Waals surface area contributed by atoms with Gasteiger partial charge in [0.1, 0.15) is 0 Å². The first kappa shape index (κ1) is 15.5. The number of fused-ring (bicyclic) bond motifs is 3. The Labute approximate surface area is 147 Å². The van der Waals surface area contributed by atoms with Gasteiger partial charge < -0.3 is 9.67 Å². The number of imidazole rings is 1. The van der Waals surface area contributed by atoms with Crippen LogP contribution in [0.3, 0.4) is 0 Å². The number of nitrogens with zero attached hydrogens (tertiary/aromatic N) is 3. The van der Waals surface area contributed by atoms with E-state index in [1.807, 2.05) is 18.3 Å². The lowest BCUT2D eigenvalue weighted by Crippen LogP contribution is -2.49. The minimum Gasteiger partial charge on any atom is -0.393 e. The zero-order valence-corrected chi connectivity index (χ0v) is 14.6. The summed E-state index contributed by atoms with van der Waals surface area (Å²) in [4.78, 5) is 4.27. The van der Waals surface area contributed by atoms with E-state index in [4.69, 9.17) is 0 Å². The maximum absolute atomic E-state index is 12.7. The molecule has 3 aliphatic rings. The standard InChI is InChI=1S/C18H21N3O3S/c22-17-7-8-20(25(23,24)12-5-6-12)10-15(17)18-14-4-2-1-3-13(14)16-9-19-11-21(16)18/h1-4,9,11-12,15,17-18,22H,5-8,10H2/t15-,17-,18+/m1/s1. The molecule has 1 aromatic carbocycles. The third-order valence-corrected chi connectivity index (χ3v) is 8.18. The van der Waals surface area contributed by atoms with Crippen molar-refractivity contribution in [3.8, 4) is 11.3 Å². The van der Waals surface area contributed by atoms with Gasteiger partial charge in [-0.05, 0) is 24.8 Å². The summed E-state index contributed by atoms with van der Waals surface area (Å²) in [6.07, 6.45) is 5.14. The van der Waals surface area contributed by atoms with Crippen LogP contribution in [0.4, 0.5) is 0 Å². The van der Waals surface area contributed by atoms with Crippen LogP contribution in [-0.2, 0) is 10.0 Å². The predicted octanol–water partition coefficient (Wildman–Crippen LogP) is 1.63. The molecule has 2 aliphatic heterocycles. The van der Waals surface area contributed by atoms with E-state index < -0.39 is 16.1 Å². The molecular formula is C18H21N3O3S. The van der Waals surface area contributed by atoms with Crippen molar-refractivity contribution in [2.45, 2.75) is 36.7 Å². The normalized spacial score (nSPS) is 29.4. The molecule has 1 saturated heterocycles. The highest BCUT2D eigenvalue weighted by atomic mass is 32.2. The van der Waals surface area contributed by atoms with Crippen molar-refractivity contribution in [1.29, 1.82) is 0 Å². The van der Waals surface area contributed by atoms with Gasteiger partial charge in [-0.1, -0.05) is 24.3 Å². The van der Waals surface area contributed by atoms with Crippen molar-refractivity contribution in [3.63, 3.8) is 0 Å². The van der Waals surface area contributed by atoms with Crippen LogP contribution in [0.5, 0.6) is 0 Å². The number of rotatable bonds is 3. The van der Waals surface area contributed by atoms with Crippen LogP contribution < -0.4 is 0 Å². The van der Waals surface area contributed by atoms with Crippen LogP contribution in [0.1, 0.15) is 30.9 Å². The second kappa shape index (κ2) is 5.40. The first-order chi connectivity index (χ1) is 12.1. The largest absolute Gasteiger partial charge is 0.393 e. The van der Waals surface area contributed by atoms with Gasteiger partial charge in [0.15, 0.2) is 0 Å². The third kappa shape index (κ3) is 2.29. The zero-order chi connectivity index (χ0) is 17.2. The Morgan fingerprint density at radius 2 is 1.96 bits per heavy atom. The van der Waals surface area contributed by atoms with Crippen LogP contribution in [0.25, 0.3) is 11.3 Å². The number of sulfonamides is 1. The summed E-state index contributed by atoms with van der Waals surface area (Å²) in [5.41, 5.74) is 3.31. The molecule has 0 radical (unpaired) electrons. The van der Waals surface area contributed by atoms with E-state index in [1.54, 1.807) is 10.6 Å². The molecule has 1 saturated carbocycles. The Morgan fingerprint density at radius 3 is 2.76 bits per heavy atom. The van der Waals surface area contributed by atoms with Crippen molar-refractivity contribution in [2.24, 2.45) is 5.92 Å². The lowest BCUT2D eigenvalue weighted by Gasteiger charge is -2.39. The van der Waals surface area contributed by atoms with Gasteiger partial charge in [0.2, 0.25) is 10.0 Å². The Balaban J connectivity index is 1.54. The second-order valence-electron chi connectivity index (χ2n) is 7.34. The molecule has 2 fully saturated rings. The van der Waals surface area contributed by atoms with Gasteiger partial charge in [0.05, 0.1) is 35.6 Å². The highest BCUT2D eigenvalue weighted by Gasteiger charge is 2.46. The van der Waals surface area contributed by atoms with E-state index in [0.29, 0.717) is 19.5 Å². The van der Waals surface area contributed by atoms with Crippen molar-refractivity contribution in [1.82, 2.24) is 13.9 Å². The highest BCUT2D eigenvalue weighted by Crippen LogP contribution is 2.45. The zero-order valence-electron chi connectivity index (χ0n) is 13.8. The molecule has 1 aromatic heterocycles. The maximum atomic E-state index is 12.7. The third-order valence-electron chi connectivity index (χ3n) is 5.82. The summed E-state index contributed by atoms with van der Waals surface area (Å²) < 4.78 is 29.1. The number of benzene rings is 1. The quantitative estimate of drug-likeness (QED) is 0.904. The molecule has 0 bridgehead atoms. The maximum Gasteiger partial charge on any atom is 0.216 e. The van der Waals surface area contributed by atoms with Gasteiger partial charge in [0, 0.05) is 24.6 Å². The average Bonchev–Trinajstić information content (AvgIpc) is 3.29. The molecular weight excluding hydrogens is 338 g/mol. The fourth-order valence-corrected chi connectivity index (χ4v) is 6.26. The molecule has 5 rings (SSSR count). The number of hydrogen-bond acceptors (Lipinski definition) is 4. The highest BCUT2D eigenvalue weighted by molar-refractivity contribution is 7.90. The first-order valence-corrected chi connectivity index (χ1v) is 10.4. The van der Waals surface area contributed by atoms with Gasteiger partial charge in [-0.3, -0.25) is 0 Å². The topological polar surface area (TPSA) is 75.4 Å². The van der Waals surface area contributed by atoms with E-state index in [-0.39, 0.29) is 17.2 Å². The van der Waals surface area contributed by atoms with E-state index in [2.05, 4.69) is 21.7 Å². The Bertz CT molecular complexity index is 919. The predicted molar refractivity (Wildman–Crippen MR) is 93.4 cm³/mol. The number of aliphatic hydroxyl groups is 1. The molecule has 3 heterocycles. The van der Waals surface area contributed by atoms with Crippen LogP contribution >= 0.6 is 0 Å². The summed E-state index contributed by atoms with van der Waals surface area (Å²) in [7, 11) is -3.22. The Kier molecular flexibility index (Phi) is 3.36. The van der Waals surface area contributed by atoms with Crippen molar-refractivity contribution < 1.29 is 13.5 Å². The monoisotopic (exact) mass is 359 g/mol. The van der Waals surface area contributed by atoms with Gasteiger partial charge >= 0.3 is 0 Å². The molecule has 25 heavy (non-hydrogen) atoms. The fourth-order valence-electron chi connectivity index (χ4n) is 4.37. The van der Waals surface area contributed by atoms with Gasteiger partial charge in [-0.15, -0.1) is 0 Å². The van der Waals surface area contributed by atoms with Crippen LogP contribution in [0, 0.1) is 5.92 Å². The fraction of sp³-hybridized carbons (Fsp3) is 0.500. The minimum absolute atomic E-state index is 0.0686. The van der Waals surface area contributed by atoms with Crippen LogP contribution in [0.15, 0.2) is 36.8 Å². The minimum atomic E-state index is -3.22. The van der Waals surface area contributed by atoms with E-state index in [9.17, 15) is 13.5 Å². The summed E-state index contributed by atoms with van der Waals surface area (Å²) in [5.74, 6) is -0.168. The number of aliphatic hydroxyl groups excluding tert-OH is 1. The first-order valence-electron chi connectivity index (χ1n) is 8.85. The van der Waals surface area contributed by atoms with E-state index in [1.165, 1.54) is 0 Å². The van der Waals surface area contributed by atoms with Crippen molar-refractivity contribution >= 4 is 10.0 Å². The second-order valence-corrected chi connectivity index (χ2v) is 9.55. The van der Waals surface area contributed by atoms with Gasteiger partial charge in [0.25, 0.3) is 0 Å². The molecule has 6 nitrogen and oxygen atoms in total. The molecule has 0 amide bonds. The summed E-state index contributed by atoms with van der Waals surface area (Å²) >= 11 is 0. The van der Waals surface area contributed by atoms with Crippen molar-refractivity contribution in [2.75, 3.05) is 13.1 Å². The number of aromatic nitrogens is 2. The summed E-state index contributed by atoms with van der Waals surface area (Å²) in [5, 5.41) is 10.5. The van der Waals surface area contributed by atoms with E-state index in [0.717, 1.165) is 29.7 Å². The molecule has 3 atom stereocenters. The van der Waals surface area contributed by atoms with E-state index >= 15 is 0 Å². The average molecular weight is 359 g/mol. The smallest absolute Gasteiger partial charge is 0.216 e. The SMILES string of the molecule is O=S(=O)(C1CC1)N1CC[C@@H](O)[C@H]([C@@H]2c3ccccc3-c3cncn32)C1. The summed E-state index contributed by atoms with van der Waals surface area (Å²) in [6.45, 7) is 0.790. The summed E-state index contributed by atoms with van der Waals surface area (Å²) in [6, 6.07) is 8.07. The van der Waals surface area contributed by atoms with Crippen LogP contribution in [-0.4, -0.2) is 51.8 Å². The molecule has 132 valence electrons. The van der Waals surface area contributed by atoms with Gasteiger partial charge in [-0.25, -0.2) is 17.7 Å². The lowest BCUT2D eigenvalue weighted by molar-refractivity contribution is 0.0356. The number of hydrogen-bond donors (Lipinski definition) is 1.